The molecule has 0 bridgehead atoms. The van der Waals surface area contributed by atoms with Crippen LogP contribution in [0.5, 0.6) is 0 Å². The quantitative estimate of drug-likeness (QED) is 0.932. The van der Waals surface area contributed by atoms with E-state index in [2.05, 4.69) is 19.2 Å². The lowest BCUT2D eigenvalue weighted by Gasteiger charge is -2.30. The number of urea groups is 1. The third-order valence-corrected chi connectivity index (χ3v) is 3.86. The third kappa shape index (κ3) is 3.87. The molecule has 0 aliphatic carbocycles. The maximum Gasteiger partial charge on any atom is 0.317 e. The number of hydrogen-bond acceptors (Lipinski definition) is 2. The topological polar surface area (TPSA) is 41.6 Å². The average molecular weight is 297 g/mol. The zero-order chi connectivity index (χ0) is 14.6. The van der Waals surface area contributed by atoms with Crippen molar-refractivity contribution in [2.24, 2.45) is 0 Å². The number of nitrogens with zero attached hydrogens (tertiary/aromatic N) is 1. The molecule has 2 rings (SSSR count). The van der Waals surface area contributed by atoms with Crippen LogP contribution in [0.3, 0.4) is 0 Å². The lowest BCUT2D eigenvalue weighted by molar-refractivity contribution is 0.0529. The van der Waals surface area contributed by atoms with Gasteiger partial charge in [-0.2, -0.15) is 0 Å². The maximum atomic E-state index is 12.1. The molecule has 5 heteroatoms. The fourth-order valence-corrected chi connectivity index (χ4v) is 2.30. The molecule has 0 aromatic heterocycles. The summed E-state index contributed by atoms with van der Waals surface area (Å²) in [7, 11) is 0. The van der Waals surface area contributed by atoms with Crippen LogP contribution in [-0.2, 0) is 10.2 Å². The summed E-state index contributed by atoms with van der Waals surface area (Å²) in [5.74, 6) is 0. The van der Waals surface area contributed by atoms with E-state index in [-0.39, 0.29) is 11.4 Å². The smallest absolute Gasteiger partial charge is 0.317 e. The van der Waals surface area contributed by atoms with Crippen LogP contribution in [0, 0.1) is 0 Å². The molecule has 1 saturated heterocycles. The summed E-state index contributed by atoms with van der Waals surface area (Å²) in [6.45, 7) is 7.36. The monoisotopic (exact) mass is 296 g/mol. The van der Waals surface area contributed by atoms with Crippen molar-refractivity contribution in [3.05, 3.63) is 34.9 Å². The zero-order valence-corrected chi connectivity index (χ0v) is 12.7. The summed E-state index contributed by atoms with van der Waals surface area (Å²) in [6, 6.07) is 7.74. The fraction of sp³-hybridized carbons (Fsp3) is 0.533. The van der Waals surface area contributed by atoms with Crippen LogP contribution in [0.1, 0.15) is 19.4 Å². The Morgan fingerprint density at radius 1 is 1.30 bits per heavy atom. The molecule has 1 aromatic carbocycles. The summed E-state index contributed by atoms with van der Waals surface area (Å²) in [6.07, 6.45) is 0. The van der Waals surface area contributed by atoms with Crippen LogP contribution in [0.4, 0.5) is 4.79 Å². The summed E-state index contributed by atoms with van der Waals surface area (Å²) in [5.41, 5.74) is 1.02. The molecule has 20 heavy (non-hydrogen) atoms. The van der Waals surface area contributed by atoms with Gasteiger partial charge in [0.25, 0.3) is 0 Å². The lowest BCUT2D eigenvalue weighted by Crippen LogP contribution is -2.48. The van der Waals surface area contributed by atoms with Crippen LogP contribution < -0.4 is 5.32 Å². The SMILES string of the molecule is CC(C)(CNC(=O)N1CCOCC1)c1ccc(Cl)cc1. The lowest BCUT2D eigenvalue weighted by atomic mass is 9.85. The van der Waals surface area contributed by atoms with E-state index in [0.29, 0.717) is 32.8 Å². The molecule has 1 heterocycles. The second-order valence-corrected chi connectivity index (χ2v) is 6.09. The van der Waals surface area contributed by atoms with Crippen LogP contribution in [0.25, 0.3) is 0 Å². The minimum absolute atomic E-state index is 0.0182. The Labute approximate surface area is 125 Å². The molecule has 4 nitrogen and oxygen atoms in total. The van der Waals surface area contributed by atoms with Crippen LogP contribution >= 0.6 is 11.6 Å². The molecule has 0 atom stereocenters. The van der Waals surface area contributed by atoms with Crippen LogP contribution in [0.2, 0.25) is 5.02 Å². The van der Waals surface area contributed by atoms with Crippen molar-refractivity contribution in [3.63, 3.8) is 0 Å². The predicted molar refractivity (Wildman–Crippen MR) is 80.3 cm³/mol. The first-order valence-corrected chi connectivity index (χ1v) is 7.23. The number of halogens is 1. The molecule has 0 saturated carbocycles. The molecular weight excluding hydrogens is 276 g/mol. The Balaban J connectivity index is 1.91. The number of morpholine rings is 1. The Morgan fingerprint density at radius 2 is 1.90 bits per heavy atom. The first kappa shape index (κ1) is 15.1. The molecule has 0 unspecified atom stereocenters. The van der Waals surface area contributed by atoms with E-state index >= 15 is 0 Å². The molecule has 1 aliphatic rings. The van der Waals surface area contributed by atoms with E-state index in [4.69, 9.17) is 16.3 Å². The standard InChI is InChI=1S/C15H21ClN2O2/c1-15(2,12-3-5-13(16)6-4-12)11-17-14(19)18-7-9-20-10-8-18/h3-6H,7-11H2,1-2H3,(H,17,19). The Kier molecular flexibility index (Phi) is 4.89. The molecule has 1 fully saturated rings. The van der Waals surface area contributed by atoms with E-state index in [9.17, 15) is 4.79 Å². The van der Waals surface area contributed by atoms with Gasteiger partial charge in [0.2, 0.25) is 0 Å². The number of amides is 2. The van der Waals surface area contributed by atoms with Gasteiger partial charge in [-0.15, -0.1) is 0 Å². The van der Waals surface area contributed by atoms with Crippen molar-refractivity contribution < 1.29 is 9.53 Å². The number of ether oxygens (including phenoxy) is 1. The van der Waals surface area contributed by atoms with Crippen molar-refractivity contribution in [3.8, 4) is 0 Å². The number of benzene rings is 1. The normalized spacial score (nSPS) is 16.1. The summed E-state index contributed by atoms with van der Waals surface area (Å²) in [5, 5.41) is 3.73. The van der Waals surface area contributed by atoms with Crippen molar-refractivity contribution in [1.29, 1.82) is 0 Å². The molecule has 1 N–H and O–H groups in total. The minimum atomic E-state index is -0.132. The average Bonchev–Trinajstić information content (AvgIpc) is 2.46. The molecular formula is C15H21ClN2O2. The first-order chi connectivity index (χ1) is 9.49. The summed E-state index contributed by atoms with van der Waals surface area (Å²) < 4.78 is 5.24. The van der Waals surface area contributed by atoms with Crippen molar-refractivity contribution in [2.75, 3.05) is 32.8 Å². The molecule has 1 aromatic rings. The highest BCUT2D eigenvalue weighted by atomic mass is 35.5. The van der Waals surface area contributed by atoms with Gasteiger partial charge in [-0.05, 0) is 17.7 Å². The van der Waals surface area contributed by atoms with Gasteiger partial charge >= 0.3 is 6.03 Å². The fourth-order valence-electron chi connectivity index (χ4n) is 2.18. The predicted octanol–water partition coefficient (Wildman–Crippen LogP) is 2.66. The molecule has 0 spiro atoms. The van der Waals surface area contributed by atoms with E-state index in [0.717, 1.165) is 10.6 Å². The highest BCUT2D eigenvalue weighted by molar-refractivity contribution is 6.30. The minimum Gasteiger partial charge on any atom is -0.378 e. The number of hydrogen-bond donors (Lipinski definition) is 1. The number of carbonyl (C=O) groups excluding carboxylic acids is 1. The highest BCUT2D eigenvalue weighted by Gasteiger charge is 2.23. The first-order valence-electron chi connectivity index (χ1n) is 6.85. The van der Waals surface area contributed by atoms with Gasteiger partial charge in [0.1, 0.15) is 0 Å². The van der Waals surface area contributed by atoms with Gasteiger partial charge in [-0.1, -0.05) is 37.6 Å². The van der Waals surface area contributed by atoms with Gasteiger partial charge < -0.3 is 15.0 Å². The van der Waals surface area contributed by atoms with Gasteiger partial charge in [-0.25, -0.2) is 4.79 Å². The number of carbonyl (C=O) groups is 1. The van der Waals surface area contributed by atoms with Crippen LogP contribution in [0.15, 0.2) is 24.3 Å². The van der Waals surface area contributed by atoms with Crippen molar-refractivity contribution >= 4 is 17.6 Å². The highest BCUT2D eigenvalue weighted by Crippen LogP contribution is 2.23. The molecule has 2 amide bonds. The van der Waals surface area contributed by atoms with E-state index in [1.807, 2.05) is 24.3 Å². The molecule has 1 aliphatic heterocycles. The van der Waals surface area contributed by atoms with E-state index in [1.165, 1.54) is 0 Å². The van der Waals surface area contributed by atoms with Gasteiger partial charge in [-0.3, -0.25) is 0 Å². The third-order valence-electron chi connectivity index (χ3n) is 3.61. The van der Waals surface area contributed by atoms with Gasteiger partial charge in [0, 0.05) is 30.1 Å². The van der Waals surface area contributed by atoms with Gasteiger partial charge in [0.15, 0.2) is 0 Å². The van der Waals surface area contributed by atoms with Crippen molar-refractivity contribution in [1.82, 2.24) is 10.2 Å². The largest absolute Gasteiger partial charge is 0.378 e. The van der Waals surface area contributed by atoms with Gasteiger partial charge in [0.05, 0.1) is 13.2 Å². The Morgan fingerprint density at radius 3 is 2.50 bits per heavy atom. The van der Waals surface area contributed by atoms with Crippen molar-refractivity contribution in [2.45, 2.75) is 19.3 Å². The Bertz CT molecular complexity index is 453. The second kappa shape index (κ2) is 6.46. The maximum absolute atomic E-state index is 12.1. The summed E-state index contributed by atoms with van der Waals surface area (Å²) >= 11 is 5.90. The Hall–Kier alpha value is -1.26. The van der Waals surface area contributed by atoms with Crippen LogP contribution in [-0.4, -0.2) is 43.8 Å². The second-order valence-electron chi connectivity index (χ2n) is 5.65. The number of nitrogens with one attached hydrogen (secondary N) is 1. The van der Waals surface area contributed by atoms with E-state index in [1.54, 1.807) is 4.90 Å². The summed E-state index contributed by atoms with van der Waals surface area (Å²) in [4.78, 5) is 13.9. The number of rotatable bonds is 3. The zero-order valence-electron chi connectivity index (χ0n) is 12.0. The molecule has 0 radical (unpaired) electrons. The molecule has 110 valence electrons. The van der Waals surface area contributed by atoms with E-state index < -0.39 is 0 Å².